The van der Waals surface area contributed by atoms with E-state index >= 15 is 0 Å². The fourth-order valence-electron chi connectivity index (χ4n) is 1.21. The highest BCUT2D eigenvalue weighted by molar-refractivity contribution is 7.30. The number of aliphatic hydroxyl groups is 6. The molecule has 16 heavy (non-hydrogen) atoms. The molecule has 0 unspecified atom stereocenters. The Kier molecular flexibility index (Phi) is 6.56. The van der Waals surface area contributed by atoms with Crippen molar-refractivity contribution in [3.05, 3.63) is 0 Å². The van der Waals surface area contributed by atoms with Gasteiger partial charge in [-0.3, -0.25) is 4.57 Å². The number of hydrogen-bond acceptors (Lipinski definition) is 7. The second kappa shape index (κ2) is 6.60. The molecule has 0 amide bonds. The molecule has 1 aliphatic carbocycles. The molecule has 0 radical (unpaired) electrons. The number of hydrogen-bond donors (Lipinski definition) is 8. The molecule has 98 valence electrons. The standard InChI is InChI=1S/C6H12O6.H3O3P/c7-1-2(8)4(10)6(12)5(11)3(1)9;1-4(2)3/h1-12H;4H,(H2,1,2,3)/t1-,2-,3-,4+,5-,6-;. The predicted octanol–water partition coefficient (Wildman–Crippen LogP) is -4.47. The lowest BCUT2D eigenvalue weighted by Gasteiger charge is -2.39. The van der Waals surface area contributed by atoms with Crippen molar-refractivity contribution in [3.63, 3.8) is 0 Å². The van der Waals surface area contributed by atoms with Gasteiger partial charge in [-0.2, -0.15) is 0 Å². The van der Waals surface area contributed by atoms with Crippen molar-refractivity contribution in [2.45, 2.75) is 36.6 Å². The van der Waals surface area contributed by atoms with Gasteiger partial charge in [0.2, 0.25) is 0 Å². The third kappa shape index (κ3) is 4.06. The topological polar surface area (TPSA) is 179 Å². The first-order valence-electron chi connectivity index (χ1n) is 4.20. The fraction of sp³-hybridized carbons (Fsp3) is 1.00. The minimum Gasteiger partial charge on any atom is -0.387 e. The molecule has 0 aromatic heterocycles. The summed E-state index contributed by atoms with van der Waals surface area (Å²) in [6, 6.07) is 0. The molecule has 8 N–H and O–H groups in total. The van der Waals surface area contributed by atoms with Gasteiger partial charge in [0.25, 0.3) is 0 Å². The van der Waals surface area contributed by atoms with Crippen LogP contribution in [0.4, 0.5) is 0 Å². The van der Waals surface area contributed by atoms with Gasteiger partial charge in [0.15, 0.2) is 0 Å². The largest absolute Gasteiger partial charge is 0.387 e. The van der Waals surface area contributed by atoms with E-state index < -0.39 is 44.9 Å². The molecule has 10 heteroatoms. The van der Waals surface area contributed by atoms with Crippen molar-refractivity contribution in [3.8, 4) is 0 Å². The summed E-state index contributed by atoms with van der Waals surface area (Å²) in [6.07, 6.45) is -9.84. The summed E-state index contributed by atoms with van der Waals surface area (Å²) >= 11 is 0. The third-order valence-corrected chi connectivity index (χ3v) is 2.10. The highest BCUT2D eigenvalue weighted by Crippen LogP contribution is 2.20. The lowest BCUT2D eigenvalue weighted by Crippen LogP contribution is -2.63. The molecule has 0 spiro atoms. The van der Waals surface area contributed by atoms with Gasteiger partial charge >= 0.3 is 8.25 Å². The lowest BCUT2D eigenvalue weighted by molar-refractivity contribution is -0.223. The minimum atomic E-state index is -3.13. The average Bonchev–Trinajstić information content (AvgIpc) is 2.20. The minimum absolute atomic E-state index is 1.64. The molecule has 0 heterocycles. The second-order valence-electron chi connectivity index (χ2n) is 3.23. The van der Waals surface area contributed by atoms with Crippen molar-refractivity contribution in [1.29, 1.82) is 0 Å². The molecule has 1 fully saturated rings. The molecule has 1 aliphatic rings. The molecular formula is C6H15O9P. The first kappa shape index (κ1) is 15.9. The average molecular weight is 262 g/mol. The highest BCUT2D eigenvalue weighted by Gasteiger charge is 2.47. The van der Waals surface area contributed by atoms with Gasteiger partial charge in [0.1, 0.15) is 36.6 Å². The summed E-state index contributed by atoms with van der Waals surface area (Å²) in [7, 11) is -3.13. The van der Waals surface area contributed by atoms with Crippen LogP contribution in [0.2, 0.25) is 0 Å². The number of aliphatic hydroxyl groups excluding tert-OH is 6. The van der Waals surface area contributed by atoms with Crippen molar-refractivity contribution < 1.29 is 45.0 Å². The van der Waals surface area contributed by atoms with E-state index in [9.17, 15) is 0 Å². The van der Waals surface area contributed by atoms with E-state index in [1.54, 1.807) is 0 Å². The van der Waals surface area contributed by atoms with Crippen LogP contribution in [0.1, 0.15) is 0 Å². The van der Waals surface area contributed by atoms with Gasteiger partial charge in [-0.05, 0) is 0 Å². The molecule has 0 aromatic carbocycles. The zero-order valence-corrected chi connectivity index (χ0v) is 8.95. The van der Waals surface area contributed by atoms with Crippen LogP contribution in [0.3, 0.4) is 0 Å². The van der Waals surface area contributed by atoms with Crippen molar-refractivity contribution in [2.24, 2.45) is 0 Å². The molecule has 0 atom stereocenters. The maximum Gasteiger partial charge on any atom is 0.314 e. The molecule has 0 aliphatic heterocycles. The zero-order chi connectivity index (χ0) is 13.0. The van der Waals surface area contributed by atoms with Crippen LogP contribution in [-0.4, -0.2) is 77.0 Å². The van der Waals surface area contributed by atoms with Gasteiger partial charge < -0.3 is 40.4 Å². The molecule has 0 bridgehead atoms. The summed E-state index contributed by atoms with van der Waals surface area (Å²) in [6.45, 7) is 0. The third-order valence-electron chi connectivity index (χ3n) is 2.10. The summed E-state index contributed by atoms with van der Waals surface area (Å²) < 4.78 is 8.74. The smallest absolute Gasteiger partial charge is 0.314 e. The van der Waals surface area contributed by atoms with E-state index in [-0.39, 0.29) is 0 Å². The fourth-order valence-corrected chi connectivity index (χ4v) is 1.21. The van der Waals surface area contributed by atoms with Crippen molar-refractivity contribution in [2.75, 3.05) is 0 Å². The Labute approximate surface area is 90.8 Å². The Morgan fingerprint density at radius 2 is 0.625 bits per heavy atom. The number of rotatable bonds is 0. The summed E-state index contributed by atoms with van der Waals surface area (Å²) in [5.74, 6) is 0. The second-order valence-corrected chi connectivity index (χ2v) is 3.79. The van der Waals surface area contributed by atoms with E-state index in [1.165, 1.54) is 0 Å². The van der Waals surface area contributed by atoms with Gasteiger partial charge in [0, 0.05) is 0 Å². The van der Waals surface area contributed by atoms with Crippen LogP contribution in [0.25, 0.3) is 0 Å². The predicted molar refractivity (Wildman–Crippen MR) is 49.5 cm³/mol. The molecular weight excluding hydrogens is 247 g/mol. The SMILES string of the molecule is O=[PH](O)O.O[C@H]1[C@H](O)[C@@H](O)[C@H](O)[C@@H](O)[C@H]1O. The first-order valence-corrected chi connectivity index (χ1v) is 5.50. The van der Waals surface area contributed by atoms with Crippen LogP contribution in [0.5, 0.6) is 0 Å². The molecule has 0 saturated heterocycles. The van der Waals surface area contributed by atoms with Gasteiger partial charge in [-0.25, -0.2) is 0 Å². The Morgan fingerprint density at radius 3 is 0.688 bits per heavy atom. The normalized spacial score (nSPS) is 43.8. The maximum absolute atomic E-state index is 8.97. The molecule has 9 nitrogen and oxygen atoms in total. The quantitative estimate of drug-likeness (QED) is 0.200. The van der Waals surface area contributed by atoms with Gasteiger partial charge in [0.05, 0.1) is 0 Å². The Morgan fingerprint density at radius 1 is 0.562 bits per heavy atom. The van der Waals surface area contributed by atoms with E-state index in [4.69, 9.17) is 45.0 Å². The molecule has 1 rings (SSSR count). The zero-order valence-electron chi connectivity index (χ0n) is 7.95. The van der Waals surface area contributed by atoms with E-state index in [1.807, 2.05) is 0 Å². The highest BCUT2D eigenvalue weighted by atomic mass is 31.1. The van der Waals surface area contributed by atoms with E-state index in [0.717, 1.165) is 0 Å². The van der Waals surface area contributed by atoms with Crippen LogP contribution in [0, 0.1) is 0 Å². The van der Waals surface area contributed by atoms with Gasteiger partial charge in [-0.1, -0.05) is 0 Å². The van der Waals surface area contributed by atoms with Crippen molar-refractivity contribution in [1.82, 2.24) is 0 Å². The maximum atomic E-state index is 8.97. The summed E-state index contributed by atoms with van der Waals surface area (Å²) in [5.41, 5.74) is 0. The van der Waals surface area contributed by atoms with Crippen LogP contribution in [-0.2, 0) is 4.57 Å². The molecule has 0 aromatic rings. The summed E-state index contributed by atoms with van der Waals surface area (Å²) in [5, 5.41) is 53.8. The van der Waals surface area contributed by atoms with Gasteiger partial charge in [-0.15, -0.1) is 0 Å². The van der Waals surface area contributed by atoms with Crippen LogP contribution < -0.4 is 0 Å². The first-order chi connectivity index (χ1) is 7.20. The molecule has 1 saturated carbocycles. The van der Waals surface area contributed by atoms with Crippen LogP contribution >= 0.6 is 8.25 Å². The Bertz CT molecular complexity index is 174. The Balaban J connectivity index is 0.000000487. The summed E-state index contributed by atoms with van der Waals surface area (Å²) in [4.78, 5) is 14.3. The monoisotopic (exact) mass is 262 g/mol. The van der Waals surface area contributed by atoms with E-state index in [2.05, 4.69) is 0 Å². The van der Waals surface area contributed by atoms with Crippen LogP contribution in [0.15, 0.2) is 0 Å². The lowest BCUT2D eigenvalue weighted by atomic mass is 9.85. The van der Waals surface area contributed by atoms with Crippen molar-refractivity contribution >= 4 is 8.25 Å². The Hall–Kier alpha value is -0.0900. The van der Waals surface area contributed by atoms with E-state index in [0.29, 0.717) is 0 Å².